The second kappa shape index (κ2) is 5.76. The van der Waals surface area contributed by atoms with E-state index >= 15 is 0 Å². The van der Waals surface area contributed by atoms with Crippen molar-refractivity contribution in [2.45, 2.75) is 51.9 Å². The van der Waals surface area contributed by atoms with Crippen molar-refractivity contribution in [3.63, 3.8) is 0 Å². The van der Waals surface area contributed by atoms with Crippen molar-refractivity contribution in [1.82, 2.24) is 0 Å². The molecular formula is C17H25BFNO3. The molecule has 0 N–H and O–H groups in total. The summed E-state index contributed by atoms with van der Waals surface area (Å²) in [6, 6.07) is 5.27. The Morgan fingerprint density at radius 1 is 1.17 bits per heavy atom. The summed E-state index contributed by atoms with van der Waals surface area (Å²) in [7, 11) is -0.669. The molecule has 0 radical (unpaired) electrons. The standard InChI is InChI=1S/C17H25BFNO3/c1-12-11-20(8-9-21-12)13-6-7-14(15(19)10-13)18-22-16(2,3)17(4,5)23-18/h6-7,10,12H,8-9,11H2,1-5H3/t12-/m0/s1. The number of hydrogen-bond donors (Lipinski definition) is 0. The van der Waals surface area contributed by atoms with Crippen LogP contribution in [0.5, 0.6) is 0 Å². The summed E-state index contributed by atoms with van der Waals surface area (Å²) >= 11 is 0. The predicted octanol–water partition coefficient (Wildman–Crippen LogP) is 2.35. The highest BCUT2D eigenvalue weighted by atomic mass is 19.1. The minimum absolute atomic E-state index is 0.162. The van der Waals surface area contributed by atoms with Crippen molar-refractivity contribution in [2.24, 2.45) is 0 Å². The van der Waals surface area contributed by atoms with E-state index in [9.17, 15) is 4.39 Å². The van der Waals surface area contributed by atoms with E-state index in [0.29, 0.717) is 12.1 Å². The van der Waals surface area contributed by atoms with Gasteiger partial charge in [0.1, 0.15) is 5.82 Å². The zero-order chi connectivity index (χ0) is 16.8. The maximum absolute atomic E-state index is 14.6. The van der Waals surface area contributed by atoms with Gasteiger partial charge in [-0.15, -0.1) is 0 Å². The van der Waals surface area contributed by atoms with Crippen LogP contribution >= 0.6 is 0 Å². The first kappa shape index (κ1) is 16.7. The lowest BCUT2D eigenvalue weighted by atomic mass is 9.78. The maximum Gasteiger partial charge on any atom is 0.497 e. The quantitative estimate of drug-likeness (QED) is 0.783. The molecule has 1 atom stereocenters. The van der Waals surface area contributed by atoms with Gasteiger partial charge in [-0.1, -0.05) is 6.07 Å². The molecule has 0 spiro atoms. The lowest BCUT2D eigenvalue weighted by Crippen LogP contribution is -2.42. The van der Waals surface area contributed by atoms with E-state index < -0.39 is 18.3 Å². The van der Waals surface area contributed by atoms with E-state index in [1.54, 1.807) is 12.1 Å². The minimum Gasteiger partial charge on any atom is -0.399 e. The molecule has 126 valence electrons. The van der Waals surface area contributed by atoms with E-state index in [0.717, 1.165) is 18.8 Å². The van der Waals surface area contributed by atoms with Crippen LogP contribution in [0.3, 0.4) is 0 Å². The minimum atomic E-state index is -0.669. The first-order valence-corrected chi connectivity index (χ1v) is 8.21. The highest BCUT2D eigenvalue weighted by molar-refractivity contribution is 6.62. The van der Waals surface area contributed by atoms with E-state index in [4.69, 9.17) is 14.0 Å². The van der Waals surface area contributed by atoms with Crippen molar-refractivity contribution in [3.8, 4) is 0 Å². The molecule has 3 rings (SSSR count). The van der Waals surface area contributed by atoms with Crippen LogP contribution in [0, 0.1) is 5.82 Å². The third kappa shape index (κ3) is 3.12. The third-order valence-electron chi connectivity index (χ3n) is 5.10. The average Bonchev–Trinajstić information content (AvgIpc) is 2.67. The molecule has 6 heteroatoms. The number of ether oxygens (including phenoxy) is 1. The van der Waals surface area contributed by atoms with Crippen molar-refractivity contribution in [2.75, 3.05) is 24.6 Å². The van der Waals surface area contributed by atoms with E-state index in [1.165, 1.54) is 0 Å². The number of benzene rings is 1. The van der Waals surface area contributed by atoms with Crippen LogP contribution in [-0.4, -0.2) is 44.1 Å². The molecule has 0 unspecified atom stereocenters. The Hall–Kier alpha value is -1.11. The Bertz CT molecular complexity index is 577. The monoisotopic (exact) mass is 321 g/mol. The van der Waals surface area contributed by atoms with Gasteiger partial charge in [0, 0.05) is 24.2 Å². The van der Waals surface area contributed by atoms with Gasteiger partial charge in [-0.3, -0.25) is 0 Å². The summed E-state index contributed by atoms with van der Waals surface area (Å²) in [6.45, 7) is 12.1. The summed E-state index contributed by atoms with van der Waals surface area (Å²) in [4.78, 5) is 2.14. The molecule has 1 aromatic carbocycles. The van der Waals surface area contributed by atoms with Gasteiger partial charge in [-0.25, -0.2) is 4.39 Å². The van der Waals surface area contributed by atoms with Crippen molar-refractivity contribution >= 4 is 18.3 Å². The second-order valence-corrected chi connectivity index (χ2v) is 7.42. The molecule has 2 aliphatic heterocycles. The fraction of sp³-hybridized carbons (Fsp3) is 0.647. The van der Waals surface area contributed by atoms with Gasteiger partial charge in [-0.05, 0) is 46.8 Å². The molecule has 1 aromatic rings. The van der Waals surface area contributed by atoms with Crippen molar-refractivity contribution in [1.29, 1.82) is 0 Å². The number of morpholine rings is 1. The zero-order valence-corrected chi connectivity index (χ0v) is 14.6. The van der Waals surface area contributed by atoms with Crippen molar-refractivity contribution < 1.29 is 18.4 Å². The molecule has 0 aliphatic carbocycles. The molecule has 23 heavy (non-hydrogen) atoms. The lowest BCUT2D eigenvalue weighted by Gasteiger charge is -2.33. The average molecular weight is 321 g/mol. The lowest BCUT2D eigenvalue weighted by molar-refractivity contribution is 0.00578. The van der Waals surface area contributed by atoms with Gasteiger partial charge in [0.15, 0.2) is 0 Å². The van der Waals surface area contributed by atoms with Gasteiger partial charge in [-0.2, -0.15) is 0 Å². The predicted molar refractivity (Wildman–Crippen MR) is 89.7 cm³/mol. The molecule has 2 aliphatic rings. The SMILES string of the molecule is C[C@H]1CN(c2ccc(B3OC(C)(C)C(C)(C)O3)c(F)c2)CCO1. The molecule has 0 saturated carbocycles. The van der Waals surface area contributed by atoms with Crippen LogP contribution in [0.4, 0.5) is 10.1 Å². The Labute approximate surface area is 138 Å². The topological polar surface area (TPSA) is 30.9 Å². The van der Waals surface area contributed by atoms with E-state index in [2.05, 4.69) is 4.90 Å². The Morgan fingerprint density at radius 2 is 1.83 bits per heavy atom. The van der Waals surface area contributed by atoms with Crippen LogP contribution in [0.25, 0.3) is 0 Å². The van der Waals surface area contributed by atoms with E-state index in [1.807, 2.05) is 40.7 Å². The highest BCUT2D eigenvalue weighted by Gasteiger charge is 2.52. The fourth-order valence-electron chi connectivity index (χ4n) is 2.93. The summed E-state index contributed by atoms with van der Waals surface area (Å²) in [5.74, 6) is -0.292. The van der Waals surface area contributed by atoms with Gasteiger partial charge >= 0.3 is 7.12 Å². The fourth-order valence-corrected chi connectivity index (χ4v) is 2.93. The van der Waals surface area contributed by atoms with Crippen LogP contribution < -0.4 is 10.4 Å². The molecule has 0 bridgehead atoms. The number of halogens is 1. The van der Waals surface area contributed by atoms with Gasteiger partial charge in [0.25, 0.3) is 0 Å². The van der Waals surface area contributed by atoms with E-state index in [-0.39, 0.29) is 11.9 Å². The molecule has 0 amide bonds. The Kier molecular flexibility index (Phi) is 4.19. The van der Waals surface area contributed by atoms with Gasteiger partial charge in [0.2, 0.25) is 0 Å². The largest absolute Gasteiger partial charge is 0.497 e. The molecule has 4 nitrogen and oxygen atoms in total. The second-order valence-electron chi connectivity index (χ2n) is 7.42. The number of hydrogen-bond acceptors (Lipinski definition) is 4. The number of anilines is 1. The van der Waals surface area contributed by atoms with Crippen LogP contribution in [0.2, 0.25) is 0 Å². The molecule has 0 aromatic heterocycles. The molecular weight excluding hydrogens is 296 g/mol. The number of rotatable bonds is 2. The first-order valence-electron chi connectivity index (χ1n) is 8.21. The van der Waals surface area contributed by atoms with Crippen molar-refractivity contribution in [3.05, 3.63) is 24.0 Å². The Morgan fingerprint density at radius 3 is 2.39 bits per heavy atom. The highest BCUT2D eigenvalue weighted by Crippen LogP contribution is 2.36. The van der Waals surface area contributed by atoms with Gasteiger partial charge in [0.05, 0.1) is 23.9 Å². The summed E-state index contributed by atoms with van der Waals surface area (Å²) in [5, 5.41) is 0. The smallest absolute Gasteiger partial charge is 0.399 e. The summed E-state index contributed by atoms with van der Waals surface area (Å²) in [6.07, 6.45) is 0.162. The zero-order valence-electron chi connectivity index (χ0n) is 14.6. The van der Waals surface area contributed by atoms with Crippen LogP contribution in [-0.2, 0) is 14.0 Å². The third-order valence-corrected chi connectivity index (χ3v) is 5.10. The Balaban J connectivity index is 1.81. The molecule has 2 heterocycles. The maximum atomic E-state index is 14.6. The summed E-state index contributed by atoms with van der Waals surface area (Å²) < 4.78 is 32.1. The summed E-state index contributed by atoms with van der Waals surface area (Å²) in [5.41, 5.74) is 0.386. The van der Waals surface area contributed by atoms with Crippen LogP contribution in [0.15, 0.2) is 18.2 Å². The molecule has 2 saturated heterocycles. The first-order chi connectivity index (χ1) is 10.7. The van der Waals surface area contributed by atoms with Crippen LogP contribution in [0.1, 0.15) is 34.6 Å². The van der Waals surface area contributed by atoms with Gasteiger partial charge < -0.3 is 18.9 Å². The normalized spacial score (nSPS) is 26.6. The number of nitrogens with zero attached hydrogens (tertiary/aromatic N) is 1. The molecule has 2 fully saturated rings.